The summed E-state index contributed by atoms with van der Waals surface area (Å²) in [6, 6.07) is 0. The minimum atomic E-state index is -0.514. The Balaban J connectivity index is 1.72. The summed E-state index contributed by atoms with van der Waals surface area (Å²) in [5.41, 5.74) is 0. The third-order valence-corrected chi connectivity index (χ3v) is 3.93. The highest BCUT2D eigenvalue weighted by Gasteiger charge is 2.27. The van der Waals surface area contributed by atoms with Gasteiger partial charge >= 0.3 is 0 Å². The molecule has 1 atom stereocenters. The van der Waals surface area contributed by atoms with Crippen LogP contribution in [-0.2, 0) is 0 Å². The first-order valence-electron chi connectivity index (χ1n) is 6.21. The van der Waals surface area contributed by atoms with Gasteiger partial charge in [-0.25, -0.2) is 4.39 Å². The van der Waals surface area contributed by atoms with Gasteiger partial charge in [0, 0.05) is 0 Å². The summed E-state index contributed by atoms with van der Waals surface area (Å²) in [5.74, 6) is 1.07. The zero-order valence-electron chi connectivity index (χ0n) is 8.97. The zero-order valence-corrected chi connectivity index (χ0v) is 8.97. The Morgan fingerprint density at radius 1 is 1.07 bits per heavy atom. The third-order valence-electron chi connectivity index (χ3n) is 3.93. The molecule has 1 saturated carbocycles. The summed E-state index contributed by atoms with van der Waals surface area (Å²) < 4.78 is 13.9. The summed E-state index contributed by atoms with van der Waals surface area (Å²) >= 11 is 0. The largest absolute Gasteiger partial charge is 0.317 e. The van der Waals surface area contributed by atoms with Crippen molar-refractivity contribution >= 4 is 0 Å². The average Bonchev–Trinajstić information content (AvgIpc) is 2.72. The van der Waals surface area contributed by atoms with Gasteiger partial charge in [-0.1, -0.05) is 25.7 Å². The Morgan fingerprint density at radius 2 is 1.71 bits per heavy atom. The summed E-state index contributed by atoms with van der Waals surface area (Å²) in [4.78, 5) is 0. The lowest BCUT2D eigenvalue weighted by Gasteiger charge is -2.27. The molecule has 1 aliphatic heterocycles. The third kappa shape index (κ3) is 2.69. The van der Waals surface area contributed by atoms with Crippen LogP contribution in [0.25, 0.3) is 0 Å². The number of piperidine rings is 1. The lowest BCUT2D eigenvalue weighted by Crippen LogP contribution is -2.33. The molecule has 1 nitrogen and oxygen atoms in total. The molecule has 1 saturated heterocycles. The highest BCUT2D eigenvalue weighted by molar-refractivity contribution is 4.79. The molecule has 0 aromatic carbocycles. The van der Waals surface area contributed by atoms with Crippen molar-refractivity contribution in [3.63, 3.8) is 0 Å². The van der Waals surface area contributed by atoms with E-state index in [1.54, 1.807) is 0 Å². The van der Waals surface area contributed by atoms with Crippen molar-refractivity contribution < 1.29 is 4.39 Å². The molecule has 1 unspecified atom stereocenters. The fourth-order valence-corrected chi connectivity index (χ4v) is 2.96. The molecule has 0 aromatic heterocycles. The maximum absolute atomic E-state index is 13.9. The van der Waals surface area contributed by atoms with Gasteiger partial charge in [-0.3, -0.25) is 0 Å². The predicted molar refractivity (Wildman–Crippen MR) is 57.1 cm³/mol. The molecule has 0 spiro atoms. The molecule has 1 heterocycles. The average molecular weight is 199 g/mol. The van der Waals surface area contributed by atoms with Gasteiger partial charge in [0.25, 0.3) is 0 Å². The maximum atomic E-state index is 13.9. The number of hydrogen-bond donors (Lipinski definition) is 1. The summed E-state index contributed by atoms with van der Waals surface area (Å²) in [6.07, 6.45) is 7.68. The van der Waals surface area contributed by atoms with Crippen molar-refractivity contribution in [2.24, 2.45) is 11.8 Å². The Morgan fingerprint density at radius 3 is 2.36 bits per heavy atom. The van der Waals surface area contributed by atoms with Crippen LogP contribution in [0.4, 0.5) is 4.39 Å². The van der Waals surface area contributed by atoms with Crippen molar-refractivity contribution in [3.05, 3.63) is 0 Å². The van der Waals surface area contributed by atoms with E-state index in [-0.39, 0.29) is 0 Å². The van der Waals surface area contributed by atoms with E-state index in [1.807, 2.05) is 0 Å². The van der Waals surface area contributed by atoms with E-state index in [0.717, 1.165) is 32.4 Å². The van der Waals surface area contributed by atoms with Gasteiger partial charge in [0.1, 0.15) is 6.17 Å². The first kappa shape index (κ1) is 10.4. The Hall–Kier alpha value is -0.110. The summed E-state index contributed by atoms with van der Waals surface area (Å²) in [5, 5.41) is 3.30. The summed E-state index contributed by atoms with van der Waals surface area (Å²) in [7, 11) is 0. The molecule has 1 N–H and O–H groups in total. The Labute approximate surface area is 86.5 Å². The smallest absolute Gasteiger partial charge is 0.103 e. The predicted octanol–water partition coefficient (Wildman–Crippen LogP) is 2.90. The minimum absolute atomic E-state index is 0.358. The van der Waals surface area contributed by atoms with Crippen LogP contribution in [0.15, 0.2) is 0 Å². The molecule has 2 rings (SSSR count). The van der Waals surface area contributed by atoms with Crippen molar-refractivity contribution in [1.82, 2.24) is 5.32 Å². The van der Waals surface area contributed by atoms with Crippen molar-refractivity contribution in [1.29, 1.82) is 0 Å². The molecule has 14 heavy (non-hydrogen) atoms. The molecule has 0 bridgehead atoms. The second kappa shape index (κ2) is 5.11. The highest BCUT2D eigenvalue weighted by atomic mass is 19.1. The van der Waals surface area contributed by atoms with Crippen LogP contribution in [0.3, 0.4) is 0 Å². The second-order valence-corrected chi connectivity index (χ2v) is 4.99. The van der Waals surface area contributed by atoms with E-state index in [0.29, 0.717) is 11.8 Å². The second-order valence-electron chi connectivity index (χ2n) is 4.99. The maximum Gasteiger partial charge on any atom is 0.103 e. The number of hydrogen-bond acceptors (Lipinski definition) is 1. The molecular formula is C12H22FN. The topological polar surface area (TPSA) is 12.0 Å². The fourth-order valence-electron chi connectivity index (χ4n) is 2.96. The van der Waals surface area contributed by atoms with Gasteiger partial charge in [0.05, 0.1) is 0 Å². The number of nitrogens with one attached hydrogen (secondary N) is 1. The first-order chi connectivity index (χ1) is 6.86. The van der Waals surface area contributed by atoms with Gasteiger partial charge in [0.15, 0.2) is 0 Å². The molecule has 2 fully saturated rings. The van der Waals surface area contributed by atoms with E-state index >= 15 is 0 Å². The minimum Gasteiger partial charge on any atom is -0.317 e. The molecule has 0 amide bonds. The molecule has 0 radical (unpaired) electrons. The van der Waals surface area contributed by atoms with Crippen molar-refractivity contribution in [2.45, 2.75) is 51.1 Å². The van der Waals surface area contributed by atoms with Gasteiger partial charge in [-0.2, -0.15) is 0 Å². The fraction of sp³-hybridized carbons (Fsp3) is 1.00. The monoisotopic (exact) mass is 199 g/mol. The SMILES string of the molecule is FC(CC1CCCC1)C1CCNCC1. The van der Waals surface area contributed by atoms with Gasteiger partial charge in [-0.15, -0.1) is 0 Å². The Bertz CT molecular complexity index is 160. The molecule has 82 valence electrons. The van der Waals surface area contributed by atoms with E-state index in [1.165, 1.54) is 25.7 Å². The normalized spacial score (nSPS) is 28.1. The summed E-state index contributed by atoms with van der Waals surface area (Å²) in [6.45, 7) is 2.05. The van der Waals surface area contributed by atoms with E-state index in [9.17, 15) is 4.39 Å². The van der Waals surface area contributed by atoms with Crippen LogP contribution in [0.2, 0.25) is 0 Å². The van der Waals surface area contributed by atoms with Crippen LogP contribution in [0.1, 0.15) is 44.9 Å². The van der Waals surface area contributed by atoms with Crippen LogP contribution >= 0.6 is 0 Å². The molecule has 0 aromatic rings. The lowest BCUT2D eigenvalue weighted by atomic mass is 9.87. The zero-order chi connectivity index (χ0) is 9.80. The Kier molecular flexibility index (Phi) is 3.80. The highest BCUT2D eigenvalue weighted by Crippen LogP contribution is 2.33. The number of halogens is 1. The molecule has 2 heteroatoms. The van der Waals surface area contributed by atoms with Crippen LogP contribution in [-0.4, -0.2) is 19.3 Å². The lowest BCUT2D eigenvalue weighted by molar-refractivity contribution is 0.156. The molecular weight excluding hydrogens is 177 g/mol. The molecule has 1 aliphatic carbocycles. The van der Waals surface area contributed by atoms with Crippen molar-refractivity contribution in [2.75, 3.05) is 13.1 Å². The van der Waals surface area contributed by atoms with Gasteiger partial charge in [0.2, 0.25) is 0 Å². The van der Waals surface area contributed by atoms with E-state index in [4.69, 9.17) is 0 Å². The van der Waals surface area contributed by atoms with Crippen LogP contribution < -0.4 is 5.32 Å². The van der Waals surface area contributed by atoms with E-state index < -0.39 is 6.17 Å². The molecule has 2 aliphatic rings. The number of rotatable bonds is 3. The van der Waals surface area contributed by atoms with Gasteiger partial charge in [-0.05, 0) is 44.2 Å². The number of alkyl halides is 1. The van der Waals surface area contributed by atoms with Crippen LogP contribution in [0.5, 0.6) is 0 Å². The van der Waals surface area contributed by atoms with E-state index in [2.05, 4.69) is 5.32 Å². The van der Waals surface area contributed by atoms with Crippen LogP contribution in [0, 0.1) is 11.8 Å². The standard InChI is InChI=1S/C12H22FN/c13-12(9-10-3-1-2-4-10)11-5-7-14-8-6-11/h10-12,14H,1-9H2. The van der Waals surface area contributed by atoms with Crippen molar-refractivity contribution in [3.8, 4) is 0 Å². The van der Waals surface area contributed by atoms with Gasteiger partial charge < -0.3 is 5.32 Å². The first-order valence-corrected chi connectivity index (χ1v) is 6.21. The quantitative estimate of drug-likeness (QED) is 0.737.